The van der Waals surface area contributed by atoms with Gasteiger partial charge in [0.2, 0.25) is 0 Å². The molecule has 0 unspecified atom stereocenters. The molecule has 4 aromatic rings. The topological polar surface area (TPSA) is 88.4 Å². The zero-order valence-corrected chi connectivity index (χ0v) is 25.4. The van der Waals surface area contributed by atoms with Crippen molar-refractivity contribution in [3.63, 3.8) is 0 Å². The third kappa shape index (κ3) is 6.07. The first-order valence-corrected chi connectivity index (χ1v) is 14.5. The molecule has 1 atom stereocenters. The Labute approximate surface area is 255 Å². The third-order valence-electron chi connectivity index (χ3n) is 6.87. The van der Waals surface area contributed by atoms with Gasteiger partial charge in [0.25, 0.3) is 5.56 Å². The highest BCUT2D eigenvalue weighted by molar-refractivity contribution is 7.07. The van der Waals surface area contributed by atoms with Gasteiger partial charge in [0.1, 0.15) is 18.2 Å². The van der Waals surface area contributed by atoms with E-state index in [9.17, 15) is 14.0 Å². The van der Waals surface area contributed by atoms with Gasteiger partial charge in [0, 0.05) is 5.56 Å². The lowest BCUT2D eigenvalue weighted by Gasteiger charge is -2.24. The fourth-order valence-corrected chi connectivity index (χ4v) is 6.02. The van der Waals surface area contributed by atoms with Crippen molar-refractivity contribution in [2.45, 2.75) is 26.5 Å². The maximum absolute atomic E-state index is 14.2. The van der Waals surface area contributed by atoms with Crippen molar-refractivity contribution in [3.8, 4) is 17.2 Å². The van der Waals surface area contributed by atoms with Crippen LogP contribution in [0.3, 0.4) is 0 Å². The predicted molar refractivity (Wildman–Crippen MR) is 162 cm³/mol. The predicted octanol–water partition coefficient (Wildman–Crippen LogP) is 5.19. The van der Waals surface area contributed by atoms with Gasteiger partial charge in [-0.15, -0.1) is 0 Å². The van der Waals surface area contributed by atoms with Crippen LogP contribution in [-0.4, -0.2) is 31.4 Å². The van der Waals surface area contributed by atoms with Crippen LogP contribution in [0.4, 0.5) is 4.39 Å². The summed E-state index contributed by atoms with van der Waals surface area (Å²) in [5.74, 6) is 0.427. The number of aromatic nitrogens is 1. The Morgan fingerprint density at radius 1 is 1.09 bits per heavy atom. The van der Waals surface area contributed by atoms with E-state index in [1.165, 1.54) is 35.1 Å². The molecule has 43 heavy (non-hydrogen) atoms. The summed E-state index contributed by atoms with van der Waals surface area (Å²) in [5, 5.41) is 0.264. The Morgan fingerprint density at radius 2 is 1.86 bits per heavy atom. The van der Waals surface area contributed by atoms with Gasteiger partial charge in [0.05, 0.1) is 47.7 Å². The average molecular weight is 623 g/mol. The monoisotopic (exact) mass is 622 g/mol. The van der Waals surface area contributed by atoms with Crippen LogP contribution < -0.4 is 29.1 Å². The molecule has 11 heteroatoms. The lowest BCUT2D eigenvalue weighted by molar-refractivity contribution is -0.139. The van der Waals surface area contributed by atoms with Crippen LogP contribution in [0.1, 0.15) is 36.6 Å². The van der Waals surface area contributed by atoms with Gasteiger partial charge in [-0.25, -0.2) is 14.2 Å². The van der Waals surface area contributed by atoms with E-state index < -0.39 is 17.8 Å². The van der Waals surface area contributed by atoms with Crippen LogP contribution in [0.15, 0.2) is 81.7 Å². The van der Waals surface area contributed by atoms with Gasteiger partial charge in [-0.1, -0.05) is 47.2 Å². The standard InChI is InChI=1S/C32H28ClFN2O6S/c1-5-41-31(38)28-18(2)35-32-36(29(28)20-10-12-21(39-3)13-11-20)30(37)27(43-32)16-19-9-14-25(26(15-19)40-4)42-17-22-23(33)7-6-8-24(22)34/h6-16,29H,5,17H2,1-4H3/b27-16+/t29-/m0/s1. The molecule has 0 radical (unpaired) electrons. The van der Waals surface area contributed by atoms with Crippen molar-refractivity contribution in [1.29, 1.82) is 0 Å². The maximum Gasteiger partial charge on any atom is 0.338 e. The van der Waals surface area contributed by atoms with Gasteiger partial charge in [0.15, 0.2) is 16.3 Å². The molecule has 0 spiro atoms. The van der Waals surface area contributed by atoms with E-state index in [2.05, 4.69) is 4.99 Å². The number of esters is 1. The largest absolute Gasteiger partial charge is 0.497 e. The Kier molecular flexibility index (Phi) is 8.98. The fourth-order valence-electron chi connectivity index (χ4n) is 4.76. The van der Waals surface area contributed by atoms with Gasteiger partial charge in [-0.05, 0) is 67.4 Å². The number of carbonyl (C=O) groups is 1. The van der Waals surface area contributed by atoms with Gasteiger partial charge < -0.3 is 18.9 Å². The highest BCUT2D eigenvalue weighted by Gasteiger charge is 2.33. The molecule has 1 aromatic heterocycles. The number of methoxy groups -OCH3 is 2. The molecule has 8 nitrogen and oxygen atoms in total. The average Bonchev–Trinajstić information content (AvgIpc) is 3.30. The molecule has 0 bridgehead atoms. The Bertz CT molecular complexity index is 1880. The number of thiazole rings is 1. The molecule has 0 aliphatic carbocycles. The minimum atomic E-state index is -0.737. The van der Waals surface area contributed by atoms with Gasteiger partial charge in [-0.2, -0.15) is 0 Å². The van der Waals surface area contributed by atoms with E-state index >= 15 is 0 Å². The summed E-state index contributed by atoms with van der Waals surface area (Å²) in [7, 11) is 3.06. The number of benzene rings is 3. The number of hydrogen-bond acceptors (Lipinski definition) is 8. The highest BCUT2D eigenvalue weighted by atomic mass is 35.5. The Hall–Kier alpha value is -4.41. The summed E-state index contributed by atoms with van der Waals surface area (Å²) < 4.78 is 38.1. The number of ether oxygens (including phenoxy) is 4. The number of rotatable bonds is 9. The van der Waals surface area contributed by atoms with Crippen LogP contribution in [0, 0.1) is 5.82 Å². The quantitative estimate of drug-likeness (QED) is 0.239. The van der Waals surface area contributed by atoms with E-state index in [-0.39, 0.29) is 29.4 Å². The van der Waals surface area contributed by atoms with Crippen LogP contribution in [0.25, 0.3) is 6.08 Å². The minimum Gasteiger partial charge on any atom is -0.497 e. The molecular formula is C32H28ClFN2O6S. The van der Waals surface area contributed by atoms with Gasteiger partial charge >= 0.3 is 5.97 Å². The van der Waals surface area contributed by atoms with E-state index in [1.54, 1.807) is 63.4 Å². The molecule has 0 saturated heterocycles. The minimum absolute atomic E-state index is 0.0900. The first-order valence-electron chi connectivity index (χ1n) is 13.3. The van der Waals surface area contributed by atoms with Crippen molar-refractivity contribution in [2.24, 2.45) is 4.99 Å². The second-order valence-corrected chi connectivity index (χ2v) is 10.9. The lowest BCUT2D eigenvalue weighted by Crippen LogP contribution is -2.39. The molecular weight excluding hydrogens is 595 g/mol. The van der Waals surface area contributed by atoms with E-state index in [0.29, 0.717) is 49.0 Å². The fraction of sp³-hybridized carbons (Fsp3) is 0.219. The number of hydrogen-bond donors (Lipinski definition) is 0. The highest BCUT2D eigenvalue weighted by Crippen LogP contribution is 2.32. The molecule has 5 rings (SSSR count). The number of nitrogens with zero attached hydrogens (tertiary/aromatic N) is 2. The molecule has 0 amide bonds. The SMILES string of the molecule is CCOC(=O)C1=C(C)N=c2s/c(=C/c3ccc(OCc4c(F)cccc4Cl)c(OC)c3)c(=O)n2[C@H]1c1ccc(OC)cc1. The van der Waals surface area contributed by atoms with Crippen molar-refractivity contribution in [1.82, 2.24) is 4.57 Å². The van der Waals surface area contributed by atoms with Crippen LogP contribution in [0.2, 0.25) is 5.02 Å². The summed E-state index contributed by atoms with van der Waals surface area (Å²) in [5.41, 5.74) is 2.08. The molecule has 222 valence electrons. The summed E-state index contributed by atoms with van der Waals surface area (Å²) >= 11 is 7.34. The van der Waals surface area contributed by atoms with Crippen molar-refractivity contribution in [3.05, 3.63) is 119 Å². The Morgan fingerprint density at radius 3 is 2.53 bits per heavy atom. The number of allylic oxidation sites excluding steroid dienone is 1. The first-order chi connectivity index (χ1) is 20.7. The normalized spacial score (nSPS) is 14.7. The number of halogens is 2. The molecule has 0 fully saturated rings. The Balaban J connectivity index is 1.54. The van der Waals surface area contributed by atoms with Crippen LogP contribution in [0.5, 0.6) is 17.2 Å². The first kappa shape index (κ1) is 30.1. The van der Waals surface area contributed by atoms with E-state index in [0.717, 1.165) is 0 Å². The van der Waals surface area contributed by atoms with Crippen molar-refractivity contribution in [2.75, 3.05) is 20.8 Å². The molecule has 0 saturated carbocycles. The summed E-state index contributed by atoms with van der Waals surface area (Å²) in [6.45, 7) is 3.56. The van der Waals surface area contributed by atoms with Crippen LogP contribution in [-0.2, 0) is 16.1 Å². The van der Waals surface area contributed by atoms with Crippen LogP contribution >= 0.6 is 22.9 Å². The van der Waals surface area contributed by atoms with E-state index in [4.69, 9.17) is 30.5 Å². The lowest BCUT2D eigenvalue weighted by atomic mass is 9.96. The molecule has 1 aliphatic rings. The summed E-state index contributed by atoms with van der Waals surface area (Å²) in [6.07, 6.45) is 1.72. The summed E-state index contributed by atoms with van der Waals surface area (Å²) in [4.78, 5) is 32.0. The zero-order valence-electron chi connectivity index (χ0n) is 23.9. The van der Waals surface area contributed by atoms with Crippen molar-refractivity contribution < 1.29 is 28.1 Å². The second-order valence-electron chi connectivity index (χ2n) is 9.47. The smallest absolute Gasteiger partial charge is 0.338 e. The molecule has 2 heterocycles. The number of carbonyl (C=O) groups excluding carboxylic acids is 1. The summed E-state index contributed by atoms with van der Waals surface area (Å²) in [6, 6.07) is 16.0. The maximum atomic E-state index is 14.2. The molecule has 1 aliphatic heterocycles. The second kappa shape index (κ2) is 12.8. The van der Waals surface area contributed by atoms with Gasteiger partial charge in [-0.3, -0.25) is 9.36 Å². The molecule has 3 aromatic carbocycles. The molecule has 0 N–H and O–H groups in total. The number of fused-ring (bicyclic) bond motifs is 1. The van der Waals surface area contributed by atoms with E-state index in [1.807, 2.05) is 12.1 Å². The zero-order chi connectivity index (χ0) is 30.7. The third-order valence-corrected chi connectivity index (χ3v) is 8.20. The van der Waals surface area contributed by atoms with Crippen molar-refractivity contribution >= 4 is 35.0 Å².